The van der Waals surface area contributed by atoms with Crippen LogP contribution >= 0.6 is 15.9 Å². The van der Waals surface area contributed by atoms with Crippen LogP contribution in [0.1, 0.15) is 56.3 Å². The van der Waals surface area contributed by atoms with Crippen LogP contribution in [0.5, 0.6) is 5.75 Å². The fourth-order valence-electron chi connectivity index (χ4n) is 3.34. The van der Waals surface area contributed by atoms with Crippen molar-refractivity contribution >= 4 is 21.8 Å². The molecule has 1 fully saturated rings. The van der Waals surface area contributed by atoms with Crippen LogP contribution in [0.3, 0.4) is 0 Å². The lowest BCUT2D eigenvalue weighted by Crippen LogP contribution is -2.51. The number of hydrogen-bond acceptors (Lipinski definition) is 5. The largest absolute Gasteiger partial charge is 0.480 e. The summed E-state index contributed by atoms with van der Waals surface area (Å²) in [6.45, 7) is 5.51. The predicted molar refractivity (Wildman–Crippen MR) is 101 cm³/mol. The second kappa shape index (κ2) is 7.78. The Labute approximate surface area is 161 Å². The van der Waals surface area contributed by atoms with Gasteiger partial charge in [-0.1, -0.05) is 30.5 Å². The minimum absolute atomic E-state index is 0.179. The zero-order valence-corrected chi connectivity index (χ0v) is 16.9. The van der Waals surface area contributed by atoms with Crippen molar-refractivity contribution in [3.8, 4) is 5.75 Å². The second-order valence-electron chi connectivity index (χ2n) is 6.96. The summed E-state index contributed by atoms with van der Waals surface area (Å²) < 4.78 is 11.9. The molecule has 1 aliphatic carbocycles. The number of carbonyl (C=O) groups excluding carboxylic acids is 1. The molecule has 0 spiro atoms. The molecule has 140 valence electrons. The van der Waals surface area contributed by atoms with Gasteiger partial charge in [0, 0.05) is 6.92 Å². The number of rotatable bonds is 5. The zero-order chi connectivity index (χ0) is 18.7. The Kier molecular flexibility index (Phi) is 5.65. The van der Waals surface area contributed by atoms with Crippen LogP contribution in [-0.4, -0.2) is 22.2 Å². The fourth-order valence-corrected chi connectivity index (χ4v) is 3.92. The molecule has 1 N–H and O–H groups in total. The maximum absolute atomic E-state index is 12.8. The average molecular weight is 422 g/mol. The summed E-state index contributed by atoms with van der Waals surface area (Å²) in [6, 6.07) is 5.78. The number of nitrogens with one attached hydrogen (secondary N) is 1. The van der Waals surface area contributed by atoms with Gasteiger partial charge in [-0.2, -0.15) is 4.98 Å². The quantitative estimate of drug-likeness (QED) is 0.782. The predicted octanol–water partition coefficient (Wildman–Crippen LogP) is 4.19. The summed E-state index contributed by atoms with van der Waals surface area (Å²) >= 11 is 3.48. The molecule has 2 aromatic rings. The lowest BCUT2D eigenvalue weighted by atomic mass is 9.81. The van der Waals surface area contributed by atoms with Crippen LogP contribution in [0, 0.1) is 13.8 Å². The maximum atomic E-state index is 12.8. The Hall–Kier alpha value is -1.89. The number of halogens is 1. The van der Waals surface area contributed by atoms with Crippen molar-refractivity contribution in [2.24, 2.45) is 0 Å². The highest BCUT2D eigenvalue weighted by Crippen LogP contribution is 2.36. The van der Waals surface area contributed by atoms with E-state index in [0.717, 1.165) is 42.1 Å². The Bertz CT molecular complexity index is 784. The molecule has 6 nitrogen and oxygen atoms in total. The number of amides is 1. The molecule has 26 heavy (non-hydrogen) atoms. The molecular formula is C19H24BrN3O3. The monoisotopic (exact) mass is 421 g/mol. The van der Waals surface area contributed by atoms with E-state index in [1.54, 1.807) is 13.8 Å². The molecule has 0 saturated heterocycles. The molecule has 3 rings (SSSR count). The molecule has 1 aliphatic rings. The van der Waals surface area contributed by atoms with Gasteiger partial charge < -0.3 is 14.6 Å². The van der Waals surface area contributed by atoms with Crippen LogP contribution in [0.2, 0.25) is 0 Å². The lowest BCUT2D eigenvalue weighted by molar-refractivity contribution is -0.130. The van der Waals surface area contributed by atoms with E-state index >= 15 is 0 Å². The van der Waals surface area contributed by atoms with Crippen LogP contribution < -0.4 is 10.1 Å². The van der Waals surface area contributed by atoms with Crippen molar-refractivity contribution in [2.45, 2.75) is 64.5 Å². The molecule has 0 radical (unpaired) electrons. The van der Waals surface area contributed by atoms with E-state index in [0.29, 0.717) is 17.5 Å². The molecule has 1 heterocycles. The Morgan fingerprint density at radius 2 is 2.04 bits per heavy atom. The van der Waals surface area contributed by atoms with E-state index in [9.17, 15) is 4.79 Å². The van der Waals surface area contributed by atoms with Gasteiger partial charge in [-0.25, -0.2) is 0 Å². The van der Waals surface area contributed by atoms with E-state index in [4.69, 9.17) is 9.26 Å². The van der Waals surface area contributed by atoms with Gasteiger partial charge in [0.15, 0.2) is 11.9 Å². The molecule has 1 aromatic carbocycles. The summed E-state index contributed by atoms with van der Waals surface area (Å²) in [5.41, 5.74) is 0.546. The molecule has 1 aromatic heterocycles. The molecule has 0 aliphatic heterocycles. The third kappa shape index (κ3) is 4.09. The van der Waals surface area contributed by atoms with Crippen LogP contribution in [-0.2, 0) is 10.3 Å². The van der Waals surface area contributed by atoms with Crippen molar-refractivity contribution in [3.05, 3.63) is 40.0 Å². The average Bonchev–Trinajstić information content (AvgIpc) is 3.05. The van der Waals surface area contributed by atoms with Gasteiger partial charge >= 0.3 is 0 Å². The molecule has 7 heteroatoms. The lowest BCUT2D eigenvalue weighted by Gasteiger charge is -2.36. The van der Waals surface area contributed by atoms with Gasteiger partial charge in [0.2, 0.25) is 5.89 Å². The van der Waals surface area contributed by atoms with Crippen LogP contribution in [0.15, 0.2) is 27.2 Å². The fraction of sp³-hybridized carbons (Fsp3) is 0.526. The number of ether oxygens (including phenoxy) is 1. The van der Waals surface area contributed by atoms with Gasteiger partial charge in [-0.3, -0.25) is 4.79 Å². The van der Waals surface area contributed by atoms with Crippen LogP contribution in [0.25, 0.3) is 0 Å². The highest BCUT2D eigenvalue weighted by Gasteiger charge is 2.40. The SMILES string of the molecule is Cc1ccc(O[C@H](C)C(=O)NC2(c3noc(C)n3)CCCCC2)c(Br)c1. The highest BCUT2D eigenvalue weighted by atomic mass is 79.9. The van der Waals surface area contributed by atoms with E-state index in [1.165, 1.54) is 0 Å². The first-order valence-corrected chi connectivity index (χ1v) is 9.74. The summed E-state index contributed by atoms with van der Waals surface area (Å²) in [4.78, 5) is 17.2. The van der Waals surface area contributed by atoms with E-state index in [-0.39, 0.29) is 5.91 Å². The number of hydrogen-bond donors (Lipinski definition) is 1. The highest BCUT2D eigenvalue weighted by molar-refractivity contribution is 9.10. The minimum Gasteiger partial charge on any atom is -0.480 e. The summed E-state index contributed by atoms with van der Waals surface area (Å²) in [5.74, 6) is 1.53. The van der Waals surface area contributed by atoms with Gasteiger partial charge in [0.1, 0.15) is 11.3 Å². The Balaban J connectivity index is 1.75. The van der Waals surface area contributed by atoms with E-state index in [1.807, 2.05) is 25.1 Å². The molecule has 1 amide bonds. The van der Waals surface area contributed by atoms with Gasteiger partial charge in [-0.05, 0) is 60.3 Å². The number of nitrogens with zero attached hydrogens (tertiary/aromatic N) is 2. The third-order valence-electron chi connectivity index (χ3n) is 4.79. The smallest absolute Gasteiger partial charge is 0.261 e. The van der Waals surface area contributed by atoms with Crippen molar-refractivity contribution in [1.82, 2.24) is 15.5 Å². The Morgan fingerprint density at radius 1 is 1.31 bits per heavy atom. The zero-order valence-electron chi connectivity index (χ0n) is 15.3. The first-order valence-electron chi connectivity index (χ1n) is 8.95. The summed E-state index contributed by atoms with van der Waals surface area (Å²) in [7, 11) is 0. The molecule has 0 unspecified atom stereocenters. The normalized spacial score (nSPS) is 17.5. The summed E-state index contributed by atoms with van der Waals surface area (Å²) in [6.07, 6.45) is 4.16. The van der Waals surface area contributed by atoms with E-state index in [2.05, 4.69) is 31.4 Å². The van der Waals surface area contributed by atoms with Crippen molar-refractivity contribution in [3.63, 3.8) is 0 Å². The van der Waals surface area contributed by atoms with Gasteiger partial charge in [0.25, 0.3) is 5.91 Å². The van der Waals surface area contributed by atoms with Crippen molar-refractivity contribution in [1.29, 1.82) is 0 Å². The van der Waals surface area contributed by atoms with Gasteiger partial charge in [-0.15, -0.1) is 0 Å². The second-order valence-corrected chi connectivity index (χ2v) is 7.82. The topological polar surface area (TPSA) is 77.2 Å². The van der Waals surface area contributed by atoms with Gasteiger partial charge in [0.05, 0.1) is 4.47 Å². The minimum atomic E-state index is -0.638. The first kappa shape index (κ1) is 18.9. The number of aryl methyl sites for hydroxylation is 2. The Morgan fingerprint density at radius 3 is 2.65 bits per heavy atom. The van der Waals surface area contributed by atoms with Crippen molar-refractivity contribution < 1.29 is 14.1 Å². The standard InChI is InChI=1S/C19H24BrN3O3/c1-12-7-8-16(15(20)11-12)25-13(2)17(24)22-19(9-5-4-6-10-19)18-21-14(3)26-23-18/h7-8,11,13H,4-6,9-10H2,1-3H3,(H,22,24)/t13-/m1/s1. The number of carbonyl (C=O) groups is 1. The third-order valence-corrected chi connectivity index (χ3v) is 5.41. The molecular weight excluding hydrogens is 398 g/mol. The summed E-state index contributed by atoms with van der Waals surface area (Å²) in [5, 5.41) is 7.23. The molecule has 0 bridgehead atoms. The van der Waals surface area contributed by atoms with E-state index < -0.39 is 11.6 Å². The molecule has 1 atom stereocenters. The number of benzene rings is 1. The van der Waals surface area contributed by atoms with Crippen LogP contribution in [0.4, 0.5) is 0 Å². The maximum Gasteiger partial charge on any atom is 0.261 e. The van der Waals surface area contributed by atoms with Crippen molar-refractivity contribution in [2.75, 3.05) is 0 Å². The first-order chi connectivity index (χ1) is 12.4. The molecule has 1 saturated carbocycles. The number of aromatic nitrogens is 2.